The summed E-state index contributed by atoms with van der Waals surface area (Å²) in [5.74, 6) is 0.785. The highest BCUT2D eigenvalue weighted by Crippen LogP contribution is 2.40. The maximum Gasteiger partial charge on any atom is 0.337 e. The van der Waals surface area contributed by atoms with E-state index in [0.717, 1.165) is 60.7 Å². The number of piperidine rings is 1. The van der Waals surface area contributed by atoms with E-state index in [4.69, 9.17) is 18.6 Å². The number of esters is 1. The Labute approximate surface area is 233 Å². The van der Waals surface area contributed by atoms with Gasteiger partial charge in [-0.3, -0.25) is 4.90 Å². The molecule has 0 atom stereocenters. The van der Waals surface area contributed by atoms with Gasteiger partial charge in [-0.05, 0) is 80.3 Å². The number of halogens is 1. The molecule has 0 bridgehead atoms. The number of carbonyl (C=O) groups is 1. The number of carbonyl (C=O) groups excluding carboxylic acids is 1. The number of aromatic nitrogens is 1. The van der Waals surface area contributed by atoms with Gasteiger partial charge in [0.25, 0.3) is 6.01 Å². The molecule has 0 radical (unpaired) electrons. The van der Waals surface area contributed by atoms with Crippen molar-refractivity contribution in [2.24, 2.45) is 0 Å². The minimum Gasteiger partial charge on any atom is -0.493 e. The molecule has 1 aliphatic heterocycles. The molecule has 9 heteroatoms. The minimum absolute atomic E-state index is 0.225. The number of ether oxygens (including phenoxy) is 3. The van der Waals surface area contributed by atoms with E-state index in [2.05, 4.69) is 27.3 Å². The van der Waals surface area contributed by atoms with E-state index < -0.39 is 5.97 Å². The lowest BCUT2D eigenvalue weighted by Crippen LogP contribution is -2.38. The Kier molecular flexibility index (Phi) is 8.50. The molecule has 210 valence electrons. The van der Waals surface area contributed by atoms with Gasteiger partial charge in [-0.2, -0.15) is 4.98 Å². The van der Waals surface area contributed by atoms with Crippen LogP contribution in [0, 0.1) is 5.82 Å². The summed E-state index contributed by atoms with van der Waals surface area (Å²) in [4.78, 5) is 18.7. The molecule has 8 nitrogen and oxygen atoms in total. The van der Waals surface area contributed by atoms with Gasteiger partial charge in [-0.1, -0.05) is 12.1 Å². The van der Waals surface area contributed by atoms with Gasteiger partial charge in [0.05, 0.1) is 31.5 Å². The Morgan fingerprint density at radius 1 is 1.02 bits per heavy atom. The molecule has 0 spiro atoms. The zero-order valence-corrected chi connectivity index (χ0v) is 23.0. The summed E-state index contributed by atoms with van der Waals surface area (Å²) in [6, 6.07) is 16.3. The first-order chi connectivity index (χ1) is 19.5. The number of methoxy groups -OCH3 is 1. The topological polar surface area (TPSA) is 86.1 Å². The average Bonchev–Trinajstić information content (AvgIpc) is 3.36. The molecule has 0 amide bonds. The number of likely N-dealkylation sites (tertiary alicyclic amines) is 1. The lowest BCUT2D eigenvalue weighted by atomic mass is 9.99. The van der Waals surface area contributed by atoms with Crippen molar-refractivity contribution < 1.29 is 27.8 Å². The number of benzene rings is 3. The van der Waals surface area contributed by atoms with E-state index in [9.17, 15) is 9.18 Å². The second kappa shape index (κ2) is 12.4. The summed E-state index contributed by atoms with van der Waals surface area (Å²) < 4.78 is 36.3. The fraction of sp³-hybridized carbons (Fsp3) is 0.355. The summed E-state index contributed by atoms with van der Waals surface area (Å²) in [6.45, 7) is 7.49. The first-order valence-corrected chi connectivity index (χ1v) is 13.6. The van der Waals surface area contributed by atoms with Crippen LogP contribution in [0.2, 0.25) is 0 Å². The molecule has 4 aromatic rings. The van der Waals surface area contributed by atoms with Crippen molar-refractivity contribution in [3.8, 4) is 22.6 Å². The van der Waals surface area contributed by atoms with Crippen LogP contribution < -0.4 is 14.8 Å². The second-order valence-electron chi connectivity index (χ2n) is 9.73. The van der Waals surface area contributed by atoms with Crippen LogP contribution in [0.5, 0.6) is 11.5 Å². The van der Waals surface area contributed by atoms with E-state index in [-0.39, 0.29) is 11.9 Å². The number of nitrogens with zero attached hydrogens (tertiary/aromatic N) is 2. The lowest BCUT2D eigenvalue weighted by molar-refractivity contribution is 0.0601. The molecule has 1 N–H and O–H groups in total. The van der Waals surface area contributed by atoms with E-state index in [0.29, 0.717) is 35.9 Å². The lowest BCUT2D eigenvalue weighted by Gasteiger charge is -2.32. The first kappa shape index (κ1) is 27.5. The molecule has 2 heterocycles. The highest BCUT2D eigenvalue weighted by Gasteiger charge is 2.23. The van der Waals surface area contributed by atoms with Crippen LogP contribution in [-0.2, 0) is 11.3 Å². The smallest absolute Gasteiger partial charge is 0.337 e. The van der Waals surface area contributed by atoms with Crippen LogP contribution in [-0.4, -0.2) is 55.3 Å². The van der Waals surface area contributed by atoms with Gasteiger partial charge >= 0.3 is 5.97 Å². The number of hydrogen-bond acceptors (Lipinski definition) is 8. The quantitative estimate of drug-likeness (QED) is 0.232. The molecule has 1 fully saturated rings. The largest absolute Gasteiger partial charge is 0.493 e. The maximum atomic E-state index is 13.6. The van der Waals surface area contributed by atoms with Gasteiger partial charge < -0.3 is 23.9 Å². The van der Waals surface area contributed by atoms with Crippen molar-refractivity contribution in [1.29, 1.82) is 0 Å². The van der Waals surface area contributed by atoms with E-state index >= 15 is 0 Å². The summed E-state index contributed by atoms with van der Waals surface area (Å²) >= 11 is 0. The Balaban J connectivity index is 1.25. The van der Waals surface area contributed by atoms with Gasteiger partial charge in [-0.15, -0.1) is 0 Å². The fourth-order valence-electron chi connectivity index (χ4n) is 5.08. The van der Waals surface area contributed by atoms with Gasteiger partial charge in [0, 0.05) is 25.7 Å². The number of rotatable bonds is 10. The standard InChI is InChI=1S/C31H34FN3O5/c1-4-38-27-16-20(17-28(39-5-2)29(27)21-6-9-23(32)10-7-21)19-35-14-12-24(13-15-35)33-31-34-25-18-22(30(36)37-3)8-11-26(25)40-31/h6-11,16-18,24H,4-5,12-15,19H2,1-3H3,(H,33,34). The Morgan fingerprint density at radius 3 is 2.33 bits per heavy atom. The van der Waals surface area contributed by atoms with Crippen LogP contribution in [0.25, 0.3) is 22.2 Å². The van der Waals surface area contributed by atoms with Crippen molar-refractivity contribution in [3.05, 3.63) is 71.5 Å². The molecule has 1 saturated heterocycles. The Hall–Kier alpha value is -4.11. The molecule has 1 aromatic heterocycles. The van der Waals surface area contributed by atoms with Crippen molar-refractivity contribution in [3.63, 3.8) is 0 Å². The first-order valence-electron chi connectivity index (χ1n) is 13.6. The predicted octanol–water partition coefficient (Wildman–Crippen LogP) is 6.29. The van der Waals surface area contributed by atoms with Crippen LogP contribution in [0.1, 0.15) is 42.6 Å². The monoisotopic (exact) mass is 547 g/mol. The number of oxazole rings is 1. The highest BCUT2D eigenvalue weighted by atomic mass is 19.1. The summed E-state index contributed by atoms with van der Waals surface area (Å²) in [5, 5.41) is 3.41. The summed E-state index contributed by atoms with van der Waals surface area (Å²) in [6.07, 6.45) is 1.85. The van der Waals surface area contributed by atoms with Crippen LogP contribution in [0.3, 0.4) is 0 Å². The Bertz CT molecular complexity index is 1430. The van der Waals surface area contributed by atoms with E-state index in [1.54, 1.807) is 30.3 Å². The molecule has 40 heavy (non-hydrogen) atoms. The normalized spacial score (nSPS) is 14.3. The van der Waals surface area contributed by atoms with Crippen LogP contribution >= 0.6 is 0 Å². The fourth-order valence-corrected chi connectivity index (χ4v) is 5.08. The molecule has 3 aromatic carbocycles. The van der Waals surface area contributed by atoms with Crippen LogP contribution in [0.4, 0.5) is 10.4 Å². The zero-order valence-electron chi connectivity index (χ0n) is 23.0. The third-order valence-electron chi connectivity index (χ3n) is 6.99. The van der Waals surface area contributed by atoms with Crippen LogP contribution in [0.15, 0.2) is 59.0 Å². The van der Waals surface area contributed by atoms with Gasteiger partial charge in [-0.25, -0.2) is 9.18 Å². The molecular formula is C31H34FN3O5. The maximum absolute atomic E-state index is 13.6. The average molecular weight is 548 g/mol. The highest BCUT2D eigenvalue weighted by molar-refractivity contribution is 5.93. The van der Waals surface area contributed by atoms with Gasteiger partial charge in [0.15, 0.2) is 5.58 Å². The number of fused-ring (bicyclic) bond motifs is 1. The molecule has 1 aliphatic rings. The number of nitrogens with one attached hydrogen (secondary N) is 1. The Morgan fingerprint density at radius 2 is 1.70 bits per heavy atom. The molecule has 0 unspecified atom stereocenters. The molecular weight excluding hydrogens is 513 g/mol. The predicted molar refractivity (Wildman–Crippen MR) is 151 cm³/mol. The van der Waals surface area contributed by atoms with Gasteiger partial charge in [0.2, 0.25) is 0 Å². The SMILES string of the molecule is CCOc1cc(CN2CCC(Nc3nc4cc(C(=O)OC)ccc4o3)CC2)cc(OCC)c1-c1ccc(F)cc1. The van der Waals surface area contributed by atoms with Gasteiger partial charge in [0.1, 0.15) is 22.8 Å². The summed E-state index contributed by atoms with van der Waals surface area (Å²) in [7, 11) is 1.35. The third-order valence-corrected chi connectivity index (χ3v) is 6.99. The van der Waals surface area contributed by atoms with E-state index in [1.165, 1.54) is 19.2 Å². The van der Waals surface area contributed by atoms with Crippen molar-refractivity contribution >= 4 is 23.1 Å². The molecule has 0 saturated carbocycles. The number of hydrogen-bond donors (Lipinski definition) is 1. The van der Waals surface area contributed by atoms with Crippen molar-refractivity contribution in [2.75, 3.05) is 38.7 Å². The summed E-state index contributed by atoms with van der Waals surface area (Å²) in [5.41, 5.74) is 4.47. The van der Waals surface area contributed by atoms with Crippen molar-refractivity contribution in [1.82, 2.24) is 9.88 Å². The molecule has 0 aliphatic carbocycles. The molecule has 5 rings (SSSR count). The van der Waals surface area contributed by atoms with Crippen molar-refractivity contribution in [2.45, 2.75) is 39.3 Å². The second-order valence-corrected chi connectivity index (χ2v) is 9.73. The van der Waals surface area contributed by atoms with E-state index in [1.807, 2.05) is 13.8 Å². The minimum atomic E-state index is -0.404. The number of anilines is 1. The third kappa shape index (κ3) is 6.20. The zero-order chi connectivity index (χ0) is 28.1.